The zero-order chi connectivity index (χ0) is 23.8. The molecule has 3 aromatic rings. The number of likely N-dealkylation sites (tertiary alicyclic amines) is 1. The highest BCUT2D eigenvalue weighted by Gasteiger charge is 2.35. The van der Waals surface area contributed by atoms with Crippen molar-refractivity contribution in [3.8, 4) is 0 Å². The molecule has 10 nitrogen and oxygen atoms in total. The third-order valence-corrected chi connectivity index (χ3v) is 6.00. The Kier molecular flexibility index (Phi) is 6.15. The van der Waals surface area contributed by atoms with Crippen molar-refractivity contribution in [2.75, 3.05) is 18.4 Å². The second kappa shape index (κ2) is 8.89. The maximum atomic E-state index is 13.3. The molecule has 0 aliphatic carbocycles. The molecule has 1 saturated heterocycles. The van der Waals surface area contributed by atoms with Crippen LogP contribution in [-0.4, -0.2) is 61.4 Å². The Balaban J connectivity index is 1.49. The Morgan fingerprint density at radius 1 is 1.18 bits per heavy atom. The number of nitrogens with zero attached hydrogens (tertiary/aromatic N) is 5. The summed E-state index contributed by atoms with van der Waals surface area (Å²) in [7, 11) is 0. The number of hydrogen-bond donors (Lipinski definition) is 3. The number of hydrogen-bond acceptors (Lipinski definition) is 8. The highest BCUT2D eigenvalue weighted by molar-refractivity contribution is 7.18. The van der Waals surface area contributed by atoms with Crippen molar-refractivity contribution in [1.82, 2.24) is 35.5 Å². The number of anilines is 1. The smallest absolute Gasteiger partial charge is 0.315 e. The molecule has 174 valence electrons. The topological polar surface area (TPSA) is 125 Å². The van der Waals surface area contributed by atoms with Gasteiger partial charge in [0, 0.05) is 24.8 Å². The normalized spacial score (nSPS) is 15.1. The first kappa shape index (κ1) is 22.8. The van der Waals surface area contributed by atoms with Crippen molar-refractivity contribution in [3.05, 3.63) is 40.8 Å². The first-order chi connectivity index (χ1) is 15.6. The van der Waals surface area contributed by atoms with E-state index in [9.17, 15) is 9.59 Å². The van der Waals surface area contributed by atoms with E-state index in [0.29, 0.717) is 35.1 Å². The van der Waals surface area contributed by atoms with Crippen LogP contribution in [-0.2, 0) is 0 Å². The molecule has 0 aromatic carbocycles. The van der Waals surface area contributed by atoms with E-state index in [0.717, 1.165) is 10.7 Å². The third kappa shape index (κ3) is 5.36. The molecule has 0 radical (unpaired) electrons. The van der Waals surface area contributed by atoms with E-state index in [1.54, 1.807) is 11.1 Å². The molecule has 0 bridgehead atoms. The lowest BCUT2D eigenvalue weighted by atomic mass is 10.1. The number of urea groups is 1. The third-order valence-electron chi connectivity index (χ3n) is 5.03. The van der Waals surface area contributed by atoms with Gasteiger partial charge in [0.25, 0.3) is 5.91 Å². The first-order valence-corrected chi connectivity index (χ1v) is 11.6. The van der Waals surface area contributed by atoms with Gasteiger partial charge in [0.2, 0.25) is 5.95 Å². The molecule has 3 amide bonds. The van der Waals surface area contributed by atoms with Crippen molar-refractivity contribution >= 4 is 39.6 Å². The second-order valence-electron chi connectivity index (χ2n) is 9.16. The van der Waals surface area contributed by atoms with Crippen molar-refractivity contribution in [2.24, 2.45) is 0 Å². The molecule has 11 heteroatoms. The molecule has 33 heavy (non-hydrogen) atoms. The van der Waals surface area contributed by atoms with Crippen LogP contribution < -0.4 is 16.0 Å². The molecular weight excluding hydrogens is 440 g/mol. The van der Waals surface area contributed by atoms with Gasteiger partial charge in [0.05, 0.1) is 22.8 Å². The first-order valence-electron chi connectivity index (χ1n) is 10.8. The fraction of sp³-hybridized carbons (Fsp3) is 0.455. The summed E-state index contributed by atoms with van der Waals surface area (Å²) in [5.74, 6) is 0.128. The maximum absolute atomic E-state index is 13.3. The number of carbonyl (C=O) groups is 2. The van der Waals surface area contributed by atoms with E-state index in [1.807, 2.05) is 52.8 Å². The van der Waals surface area contributed by atoms with E-state index in [2.05, 4.69) is 35.9 Å². The molecule has 1 fully saturated rings. The Labute approximate surface area is 196 Å². The number of aryl methyl sites for hydroxylation is 1. The standard InChI is InChI=1S/C22H28N8O2S/c1-12(15-8-6-7-9-23-15)24-20-27-16(17-18(28-20)25-13(2)33-17)19(31)30-10-14(11-30)26-21(32)29-22(3,4)5/h6-9,12,14H,10-11H2,1-5H3,(H,24,27,28)(H2,26,29,32). The minimum Gasteiger partial charge on any atom is -0.346 e. The minimum absolute atomic E-state index is 0.0985. The monoisotopic (exact) mass is 468 g/mol. The van der Waals surface area contributed by atoms with Crippen LogP contribution in [0.15, 0.2) is 24.4 Å². The number of amides is 3. The Hall–Kier alpha value is -3.34. The van der Waals surface area contributed by atoms with Crippen LogP contribution in [0.4, 0.5) is 10.7 Å². The summed E-state index contributed by atoms with van der Waals surface area (Å²) in [6.07, 6.45) is 1.73. The van der Waals surface area contributed by atoms with Gasteiger partial charge in [0.1, 0.15) is 4.70 Å². The highest BCUT2D eigenvalue weighted by Crippen LogP contribution is 2.27. The average molecular weight is 469 g/mol. The average Bonchev–Trinajstić information content (AvgIpc) is 3.08. The van der Waals surface area contributed by atoms with Gasteiger partial charge in [-0.05, 0) is 46.8 Å². The van der Waals surface area contributed by atoms with Gasteiger partial charge in [0.15, 0.2) is 11.3 Å². The van der Waals surface area contributed by atoms with Crippen LogP contribution in [0.3, 0.4) is 0 Å². The highest BCUT2D eigenvalue weighted by atomic mass is 32.1. The molecule has 1 atom stereocenters. The Morgan fingerprint density at radius 2 is 1.94 bits per heavy atom. The van der Waals surface area contributed by atoms with Crippen LogP contribution >= 0.6 is 11.3 Å². The van der Waals surface area contributed by atoms with Crippen LogP contribution in [0.25, 0.3) is 10.3 Å². The van der Waals surface area contributed by atoms with E-state index in [-0.39, 0.29) is 29.6 Å². The van der Waals surface area contributed by atoms with Crippen molar-refractivity contribution in [1.29, 1.82) is 0 Å². The van der Waals surface area contributed by atoms with Gasteiger partial charge in [-0.1, -0.05) is 6.07 Å². The minimum atomic E-state index is -0.324. The van der Waals surface area contributed by atoms with Crippen LogP contribution in [0.2, 0.25) is 0 Å². The summed E-state index contributed by atoms with van der Waals surface area (Å²) in [4.78, 5) is 44.9. The summed E-state index contributed by atoms with van der Waals surface area (Å²) in [6.45, 7) is 10.4. The van der Waals surface area contributed by atoms with Crippen LogP contribution in [0, 0.1) is 6.92 Å². The number of pyridine rings is 1. The number of carbonyl (C=O) groups excluding carboxylic acids is 2. The molecule has 1 unspecified atom stereocenters. The summed E-state index contributed by atoms with van der Waals surface area (Å²) in [5.41, 5.74) is 1.33. The Morgan fingerprint density at radius 3 is 2.61 bits per heavy atom. The van der Waals surface area contributed by atoms with Gasteiger partial charge >= 0.3 is 6.03 Å². The number of fused-ring (bicyclic) bond motifs is 1. The number of rotatable bonds is 5. The van der Waals surface area contributed by atoms with Gasteiger partial charge in [-0.25, -0.2) is 14.8 Å². The summed E-state index contributed by atoms with van der Waals surface area (Å²) in [6, 6.07) is 5.20. The predicted octanol–water partition coefficient (Wildman–Crippen LogP) is 2.88. The van der Waals surface area contributed by atoms with Gasteiger partial charge < -0.3 is 20.9 Å². The van der Waals surface area contributed by atoms with Gasteiger partial charge in [-0.15, -0.1) is 11.3 Å². The molecule has 3 aromatic heterocycles. The van der Waals surface area contributed by atoms with Gasteiger partial charge in [-0.3, -0.25) is 9.78 Å². The fourth-order valence-corrected chi connectivity index (χ4v) is 4.32. The molecule has 4 rings (SSSR count). The van der Waals surface area contributed by atoms with Crippen LogP contribution in [0.5, 0.6) is 0 Å². The Bertz CT molecular complexity index is 1170. The van der Waals surface area contributed by atoms with Crippen LogP contribution in [0.1, 0.15) is 54.9 Å². The van der Waals surface area contributed by atoms with Crippen molar-refractivity contribution < 1.29 is 9.59 Å². The quantitative estimate of drug-likeness (QED) is 0.526. The molecule has 0 saturated carbocycles. The second-order valence-corrected chi connectivity index (χ2v) is 10.4. The summed E-state index contributed by atoms with van der Waals surface area (Å²) < 4.78 is 0.662. The zero-order valence-corrected chi connectivity index (χ0v) is 20.2. The zero-order valence-electron chi connectivity index (χ0n) is 19.3. The lowest BCUT2D eigenvalue weighted by molar-refractivity contribution is 0.0572. The predicted molar refractivity (Wildman–Crippen MR) is 127 cm³/mol. The lowest BCUT2D eigenvalue weighted by Gasteiger charge is -2.39. The van der Waals surface area contributed by atoms with E-state index in [1.165, 1.54) is 11.3 Å². The van der Waals surface area contributed by atoms with Gasteiger partial charge in [-0.2, -0.15) is 4.98 Å². The molecular formula is C22H28N8O2S. The van der Waals surface area contributed by atoms with E-state index < -0.39 is 0 Å². The van der Waals surface area contributed by atoms with Crippen molar-refractivity contribution in [3.63, 3.8) is 0 Å². The number of aromatic nitrogens is 4. The molecule has 3 N–H and O–H groups in total. The number of nitrogens with one attached hydrogen (secondary N) is 3. The maximum Gasteiger partial charge on any atom is 0.315 e. The van der Waals surface area contributed by atoms with E-state index in [4.69, 9.17) is 0 Å². The SMILES string of the molecule is Cc1nc2nc(NC(C)c3ccccn3)nc(C(=O)N3CC(NC(=O)NC(C)(C)C)C3)c2s1. The molecule has 1 aliphatic rings. The largest absolute Gasteiger partial charge is 0.346 e. The molecule has 1 aliphatic heterocycles. The fourth-order valence-electron chi connectivity index (χ4n) is 3.48. The lowest BCUT2D eigenvalue weighted by Crippen LogP contribution is -2.63. The molecule has 4 heterocycles. The summed E-state index contributed by atoms with van der Waals surface area (Å²) in [5, 5.41) is 9.81. The van der Waals surface area contributed by atoms with Crippen molar-refractivity contribution in [2.45, 2.75) is 52.2 Å². The summed E-state index contributed by atoms with van der Waals surface area (Å²) >= 11 is 1.40. The van der Waals surface area contributed by atoms with E-state index >= 15 is 0 Å². The molecule has 0 spiro atoms. The number of thiazole rings is 1.